The number of benzene rings is 1. The van der Waals surface area contributed by atoms with Crippen LogP contribution in [-0.2, 0) is 4.79 Å². The molecular weight excluding hydrogens is 278 g/mol. The van der Waals surface area contributed by atoms with Gasteiger partial charge in [0.1, 0.15) is 16.0 Å². The third-order valence-electron chi connectivity index (χ3n) is 2.09. The number of carbonyl (C=O) groups excluding carboxylic acids is 1. The van der Waals surface area contributed by atoms with E-state index in [0.29, 0.717) is 0 Å². The van der Waals surface area contributed by atoms with Crippen molar-refractivity contribution in [1.82, 2.24) is 0 Å². The molecule has 0 bridgehead atoms. The van der Waals surface area contributed by atoms with Gasteiger partial charge in [0.05, 0.1) is 18.0 Å². The summed E-state index contributed by atoms with van der Waals surface area (Å²) in [6.45, 7) is 0.771. The van der Waals surface area contributed by atoms with Crippen LogP contribution >= 0.6 is 23.5 Å². The molecule has 0 saturated carbocycles. The number of thioether (sulfide) groups is 2. The summed E-state index contributed by atoms with van der Waals surface area (Å²) in [4.78, 5) is 15.7. The maximum absolute atomic E-state index is 13.3. The van der Waals surface area contributed by atoms with Crippen molar-refractivity contribution in [2.24, 2.45) is 4.99 Å². The lowest BCUT2D eigenvalue weighted by Crippen LogP contribution is -2.15. The monoisotopic (exact) mass is 288 g/mol. The molecule has 1 N–H and O–H groups in total. The molecule has 18 heavy (non-hydrogen) atoms. The van der Waals surface area contributed by atoms with Gasteiger partial charge in [-0.2, -0.15) is 0 Å². The van der Waals surface area contributed by atoms with Crippen LogP contribution in [0.15, 0.2) is 23.2 Å². The van der Waals surface area contributed by atoms with E-state index in [9.17, 15) is 13.6 Å². The van der Waals surface area contributed by atoms with Gasteiger partial charge in [-0.25, -0.2) is 8.78 Å². The smallest absolute Gasteiger partial charge is 0.234 e. The van der Waals surface area contributed by atoms with Crippen molar-refractivity contribution in [3.05, 3.63) is 29.8 Å². The minimum Gasteiger partial charge on any atom is -0.323 e. The topological polar surface area (TPSA) is 41.5 Å². The maximum atomic E-state index is 13.3. The molecule has 1 aromatic carbocycles. The number of halogens is 2. The van der Waals surface area contributed by atoms with E-state index in [1.54, 1.807) is 11.8 Å². The van der Waals surface area contributed by atoms with E-state index < -0.39 is 11.6 Å². The van der Waals surface area contributed by atoms with Gasteiger partial charge in [0, 0.05) is 11.8 Å². The Bertz CT molecular complexity index is 494. The zero-order chi connectivity index (χ0) is 13.0. The van der Waals surface area contributed by atoms with Crippen molar-refractivity contribution in [3.63, 3.8) is 0 Å². The Balaban J connectivity index is 1.88. The number of aliphatic imine (C=N–C) groups is 1. The third-order valence-corrected chi connectivity index (χ3v) is 4.34. The molecule has 1 aliphatic heterocycles. The fourth-order valence-corrected chi connectivity index (χ4v) is 3.12. The van der Waals surface area contributed by atoms with Gasteiger partial charge in [-0.1, -0.05) is 23.5 Å². The minimum absolute atomic E-state index is 0.137. The Kier molecular flexibility index (Phi) is 4.60. The number of carbonyl (C=O) groups is 1. The number of anilines is 1. The zero-order valence-electron chi connectivity index (χ0n) is 9.28. The lowest BCUT2D eigenvalue weighted by molar-refractivity contribution is -0.113. The quantitative estimate of drug-likeness (QED) is 0.930. The summed E-state index contributed by atoms with van der Waals surface area (Å²) in [6, 6.07) is 2.94. The molecule has 0 saturated heterocycles. The number of hydrogen-bond donors (Lipinski definition) is 1. The SMILES string of the molecule is O=C(CSC1=NCCS1)Nc1cc(F)ccc1F. The molecule has 7 heteroatoms. The maximum Gasteiger partial charge on any atom is 0.234 e. The van der Waals surface area contributed by atoms with Crippen molar-refractivity contribution in [2.75, 3.05) is 23.4 Å². The van der Waals surface area contributed by atoms with Gasteiger partial charge in [-0.15, -0.1) is 0 Å². The zero-order valence-corrected chi connectivity index (χ0v) is 10.9. The molecule has 0 radical (unpaired) electrons. The molecule has 0 aliphatic carbocycles. The highest BCUT2D eigenvalue weighted by atomic mass is 32.2. The van der Waals surface area contributed by atoms with Crippen molar-refractivity contribution < 1.29 is 13.6 Å². The second kappa shape index (κ2) is 6.19. The van der Waals surface area contributed by atoms with Crippen molar-refractivity contribution in [2.45, 2.75) is 0 Å². The second-order valence-electron chi connectivity index (χ2n) is 3.46. The highest BCUT2D eigenvalue weighted by Crippen LogP contribution is 2.22. The fraction of sp³-hybridized carbons (Fsp3) is 0.273. The van der Waals surface area contributed by atoms with Gasteiger partial charge in [-0.05, 0) is 12.1 Å². The van der Waals surface area contributed by atoms with E-state index in [-0.39, 0.29) is 17.3 Å². The Morgan fingerprint density at radius 1 is 1.50 bits per heavy atom. The molecule has 96 valence electrons. The van der Waals surface area contributed by atoms with Crippen LogP contribution in [0.5, 0.6) is 0 Å². The van der Waals surface area contributed by atoms with Crippen LogP contribution in [0.25, 0.3) is 0 Å². The lowest BCUT2D eigenvalue weighted by atomic mass is 10.3. The van der Waals surface area contributed by atoms with Gasteiger partial charge in [0.25, 0.3) is 0 Å². The van der Waals surface area contributed by atoms with Crippen LogP contribution in [0.3, 0.4) is 0 Å². The average Bonchev–Trinajstić information content (AvgIpc) is 2.84. The molecule has 0 fully saturated rings. The van der Waals surface area contributed by atoms with Crippen LogP contribution in [-0.4, -0.2) is 28.3 Å². The molecule has 1 amide bonds. The first-order chi connectivity index (χ1) is 8.65. The first kappa shape index (κ1) is 13.4. The number of hydrogen-bond acceptors (Lipinski definition) is 4. The first-order valence-corrected chi connectivity index (χ1v) is 7.17. The van der Waals surface area contributed by atoms with E-state index >= 15 is 0 Å². The van der Waals surface area contributed by atoms with Gasteiger partial charge in [-0.3, -0.25) is 9.79 Å². The summed E-state index contributed by atoms with van der Waals surface area (Å²) < 4.78 is 27.0. The number of rotatable bonds is 3. The predicted molar refractivity (Wildman–Crippen MR) is 72.2 cm³/mol. The lowest BCUT2D eigenvalue weighted by Gasteiger charge is -2.06. The van der Waals surface area contributed by atoms with Crippen LogP contribution in [0.4, 0.5) is 14.5 Å². The van der Waals surface area contributed by atoms with Crippen molar-refractivity contribution >= 4 is 39.5 Å². The van der Waals surface area contributed by atoms with Crippen LogP contribution in [0.2, 0.25) is 0 Å². The average molecular weight is 288 g/mol. The summed E-state index contributed by atoms with van der Waals surface area (Å²) in [6.07, 6.45) is 0. The molecule has 0 unspecified atom stereocenters. The fourth-order valence-electron chi connectivity index (χ4n) is 1.31. The standard InChI is InChI=1S/C11H10F2N2OS2/c12-7-1-2-8(13)9(5-7)15-10(16)6-18-11-14-3-4-17-11/h1-2,5H,3-4,6H2,(H,15,16). The molecule has 0 atom stereocenters. The minimum atomic E-state index is -0.651. The van der Waals surface area contributed by atoms with E-state index in [1.807, 2.05) is 0 Å². The third kappa shape index (κ3) is 3.71. The van der Waals surface area contributed by atoms with E-state index in [4.69, 9.17) is 0 Å². The van der Waals surface area contributed by atoms with Gasteiger partial charge in [0.15, 0.2) is 0 Å². The van der Waals surface area contributed by atoms with Crippen LogP contribution in [0, 0.1) is 11.6 Å². The van der Waals surface area contributed by atoms with Crippen LogP contribution < -0.4 is 5.32 Å². The summed E-state index contributed by atoms with van der Waals surface area (Å²) in [5, 5.41) is 2.34. The number of nitrogens with one attached hydrogen (secondary N) is 1. The molecule has 0 aromatic heterocycles. The molecule has 1 aliphatic rings. The van der Waals surface area contributed by atoms with Crippen molar-refractivity contribution in [3.8, 4) is 0 Å². The van der Waals surface area contributed by atoms with Gasteiger partial charge < -0.3 is 5.32 Å². The Morgan fingerprint density at radius 3 is 3.06 bits per heavy atom. The summed E-state index contributed by atoms with van der Waals surface area (Å²) in [5.41, 5.74) is -0.137. The Morgan fingerprint density at radius 2 is 2.33 bits per heavy atom. The Hall–Kier alpha value is -1.08. The summed E-state index contributed by atoms with van der Waals surface area (Å²) in [7, 11) is 0. The molecule has 1 aromatic rings. The van der Waals surface area contributed by atoms with Gasteiger partial charge in [0.2, 0.25) is 5.91 Å². The number of amides is 1. The van der Waals surface area contributed by atoms with Crippen LogP contribution in [0.1, 0.15) is 0 Å². The second-order valence-corrected chi connectivity index (χ2v) is 5.76. The molecule has 2 rings (SSSR count). The summed E-state index contributed by atoms with van der Waals surface area (Å²) >= 11 is 2.90. The highest BCUT2D eigenvalue weighted by molar-refractivity contribution is 8.39. The molecule has 3 nitrogen and oxygen atoms in total. The summed E-state index contributed by atoms with van der Waals surface area (Å²) in [5.74, 6) is -0.540. The highest BCUT2D eigenvalue weighted by Gasteiger charge is 2.12. The van der Waals surface area contributed by atoms with E-state index in [2.05, 4.69) is 10.3 Å². The van der Waals surface area contributed by atoms with E-state index in [1.165, 1.54) is 11.8 Å². The van der Waals surface area contributed by atoms with Crippen molar-refractivity contribution in [1.29, 1.82) is 0 Å². The Labute approximate surface area is 111 Å². The first-order valence-electron chi connectivity index (χ1n) is 5.20. The molecule has 0 spiro atoms. The normalized spacial score (nSPS) is 14.4. The number of nitrogens with zero attached hydrogens (tertiary/aromatic N) is 1. The van der Waals surface area contributed by atoms with E-state index in [0.717, 1.165) is 34.9 Å². The van der Waals surface area contributed by atoms with Gasteiger partial charge >= 0.3 is 0 Å². The predicted octanol–water partition coefficient (Wildman–Crippen LogP) is 2.74. The largest absolute Gasteiger partial charge is 0.323 e. The molecule has 1 heterocycles. The molecular formula is C11H10F2N2OS2.